The van der Waals surface area contributed by atoms with E-state index in [0.717, 1.165) is 24.5 Å². The predicted molar refractivity (Wildman–Crippen MR) is 79.3 cm³/mol. The summed E-state index contributed by atoms with van der Waals surface area (Å²) in [5.41, 5.74) is 0.290. The molecule has 1 heterocycles. The van der Waals surface area contributed by atoms with E-state index in [4.69, 9.17) is 11.6 Å². The second-order valence-corrected chi connectivity index (χ2v) is 5.46. The first-order valence-corrected chi connectivity index (χ1v) is 7.29. The minimum atomic E-state index is -0.457. The molecule has 0 unspecified atom stereocenters. The van der Waals surface area contributed by atoms with Crippen molar-refractivity contribution in [3.8, 4) is 10.6 Å². The Morgan fingerprint density at radius 2 is 2.25 bits per heavy atom. The topological polar surface area (TPSA) is 81.0 Å². The molecule has 0 radical (unpaired) electrons. The Balaban J connectivity index is 2.30. The van der Waals surface area contributed by atoms with Crippen LogP contribution in [0.4, 0.5) is 5.69 Å². The Morgan fingerprint density at radius 1 is 1.45 bits per heavy atom. The van der Waals surface area contributed by atoms with E-state index in [1.165, 1.54) is 17.4 Å². The smallest absolute Gasteiger partial charge is 0.281 e. The molecule has 0 saturated heterocycles. The van der Waals surface area contributed by atoms with Crippen molar-refractivity contribution in [3.63, 3.8) is 0 Å². The average Bonchev–Trinajstić information content (AvgIpc) is 2.87. The van der Waals surface area contributed by atoms with E-state index >= 15 is 0 Å². The van der Waals surface area contributed by atoms with Gasteiger partial charge in [-0.25, -0.2) is 0 Å². The molecule has 1 aromatic carbocycles. The molecular weight excluding hydrogens is 300 g/mol. The van der Waals surface area contributed by atoms with E-state index in [2.05, 4.69) is 15.5 Å². The van der Waals surface area contributed by atoms with Crippen molar-refractivity contribution < 1.29 is 4.92 Å². The lowest BCUT2D eigenvalue weighted by molar-refractivity contribution is -0.384. The van der Waals surface area contributed by atoms with E-state index in [-0.39, 0.29) is 5.69 Å². The summed E-state index contributed by atoms with van der Waals surface area (Å²) >= 11 is 7.40. The highest BCUT2D eigenvalue weighted by Gasteiger charge is 2.21. The molecule has 8 heteroatoms. The number of rotatable bonds is 6. The first-order valence-electron chi connectivity index (χ1n) is 6.09. The average molecular weight is 313 g/mol. The molecule has 0 spiro atoms. The lowest BCUT2D eigenvalue weighted by Crippen LogP contribution is -2.15. The van der Waals surface area contributed by atoms with Gasteiger partial charge < -0.3 is 5.32 Å². The molecule has 0 aliphatic rings. The van der Waals surface area contributed by atoms with Gasteiger partial charge in [0.25, 0.3) is 5.69 Å². The van der Waals surface area contributed by atoms with Gasteiger partial charge in [0, 0.05) is 19.0 Å². The fourth-order valence-corrected chi connectivity index (χ4v) is 2.93. The summed E-state index contributed by atoms with van der Waals surface area (Å²) in [6.45, 7) is 3.72. The Hall–Kier alpha value is -1.57. The van der Waals surface area contributed by atoms with Crippen LogP contribution in [0, 0.1) is 10.1 Å². The number of benzene rings is 1. The molecule has 2 aromatic rings. The van der Waals surface area contributed by atoms with Crippen molar-refractivity contribution in [2.45, 2.75) is 13.3 Å². The summed E-state index contributed by atoms with van der Waals surface area (Å²) in [6, 6.07) is 4.58. The highest BCUT2D eigenvalue weighted by molar-refractivity contribution is 7.14. The molecule has 6 nitrogen and oxygen atoms in total. The van der Waals surface area contributed by atoms with Gasteiger partial charge in [-0.05, 0) is 12.6 Å². The van der Waals surface area contributed by atoms with Gasteiger partial charge in [-0.1, -0.05) is 35.9 Å². The van der Waals surface area contributed by atoms with Gasteiger partial charge >= 0.3 is 0 Å². The number of aromatic nitrogens is 2. The van der Waals surface area contributed by atoms with Gasteiger partial charge in [0.2, 0.25) is 0 Å². The van der Waals surface area contributed by atoms with Crippen LogP contribution in [0.3, 0.4) is 0 Å². The number of hydrogen-bond donors (Lipinski definition) is 1. The van der Waals surface area contributed by atoms with E-state index in [0.29, 0.717) is 15.6 Å². The molecule has 0 saturated carbocycles. The van der Waals surface area contributed by atoms with Crippen LogP contribution in [0.2, 0.25) is 5.02 Å². The van der Waals surface area contributed by atoms with Crippen molar-refractivity contribution >= 4 is 28.6 Å². The maximum Gasteiger partial charge on any atom is 0.281 e. The molecule has 1 N–H and O–H groups in total. The fourth-order valence-electron chi connectivity index (χ4n) is 1.70. The molecule has 0 atom stereocenters. The van der Waals surface area contributed by atoms with Gasteiger partial charge in [0.1, 0.15) is 10.6 Å². The van der Waals surface area contributed by atoms with Crippen molar-refractivity contribution in [3.05, 3.63) is 38.3 Å². The Bertz CT molecular complexity index is 617. The van der Waals surface area contributed by atoms with Crippen LogP contribution in [-0.4, -0.2) is 28.2 Å². The van der Waals surface area contributed by atoms with Crippen LogP contribution in [0.25, 0.3) is 10.6 Å². The molecule has 106 valence electrons. The van der Waals surface area contributed by atoms with E-state index in [9.17, 15) is 10.1 Å². The third kappa shape index (κ3) is 3.30. The normalized spacial score (nSPS) is 10.7. The lowest BCUT2D eigenvalue weighted by Gasteiger charge is -2.00. The van der Waals surface area contributed by atoms with Crippen LogP contribution in [-0.2, 0) is 6.42 Å². The highest BCUT2D eigenvalue weighted by Crippen LogP contribution is 2.37. The zero-order chi connectivity index (χ0) is 14.5. The highest BCUT2D eigenvalue weighted by atomic mass is 35.5. The zero-order valence-corrected chi connectivity index (χ0v) is 12.4. The van der Waals surface area contributed by atoms with E-state index in [1.807, 2.05) is 6.92 Å². The quantitative estimate of drug-likeness (QED) is 0.504. The molecular formula is C12H13ClN4O2S. The fraction of sp³-hybridized carbons (Fsp3) is 0.333. The number of likely N-dealkylation sites (N-methyl/N-ethyl adjacent to an activating group) is 1. The monoisotopic (exact) mass is 312 g/mol. The number of nitro groups is 1. The number of nitrogens with one attached hydrogen (secondary N) is 1. The summed E-state index contributed by atoms with van der Waals surface area (Å²) < 4.78 is 0. The van der Waals surface area contributed by atoms with E-state index < -0.39 is 4.92 Å². The summed E-state index contributed by atoms with van der Waals surface area (Å²) in [7, 11) is 0. The zero-order valence-electron chi connectivity index (χ0n) is 10.8. The minimum Gasteiger partial charge on any atom is -0.317 e. The predicted octanol–water partition coefficient (Wildman–Crippen LogP) is 2.92. The van der Waals surface area contributed by atoms with Crippen molar-refractivity contribution in [2.75, 3.05) is 13.1 Å². The minimum absolute atomic E-state index is 0.0492. The summed E-state index contributed by atoms with van der Waals surface area (Å²) in [5.74, 6) is 0. The lowest BCUT2D eigenvalue weighted by atomic mass is 10.2. The largest absolute Gasteiger partial charge is 0.317 e. The van der Waals surface area contributed by atoms with Crippen LogP contribution in [0.5, 0.6) is 0 Å². The summed E-state index contributed by atoms with van der Waals surface area (Å²) in [4.78, 5) is 10.6. The van der Waals surface area contributed by atoms with Gasteiger partial charge in [-0.3, -0.25) is 10.1 Å². The third-order valence-corrected chi connectivity index (χ3v) is 3.95. The molecule has 2 rings (SSSR count). The van der Waals surface area contributed by atoms with Gasteiger partial charge in [-0.15, -0.1) is 10.2 Å². The molecule has 20 heavy (non-hydrogen) atoms. The SMILES string of the molecule is CCNCCc1nnc(-c2c(Cl)cccc2[N+](=O)[O-])s1. The first kappa shape index (κ1) is 14.8. The van der Waals surface area contributed by atoms with Crippen molar-refractivity contribution in [1.29, 1.82) is 0 Å². The molecule has 0 aliphatic heterocycles. The van der Waals surface area contributed by atoms with Gasteiger partial charge in [-0.2, -0.15) is 0 Å². The molecule has 0 aliphatic carbocycles. The molecule has 0 fully saturated rings. The number of nitro benzene ring substituents is 1. The second-order valence-electron chi connectivity index (χ2n) is 4.00. The Kier molecular flexibility index (Phi) is 4.99. The summed E-state index contributed by atoms with van der Waals surface area (Å²) in [5, 5.41) is 23.9. The van der Waals surface area contributed by atoms with Crippen LogP contribution in [0.1, 0.15) is 11.9 Å². The number of halogens is 1. The summed E-state index contributed by atoms with van der Waals surface area (Å²) in [6.07, 6.45) is 0.740. The standard InChI is InChI=1S/C12H13ClN4O2S/c1-2-14-7-6-10-15-16-12(20-10)11-8(13)4-3-5-9(11)17(18)19/h3-5,14H,2,6-7H2,1H3. The number of nitrogens with zero attached hydrogens (tertiary/aromatic N) is 3. The molecule has 1 aromatic heterocycles. The van der Waals surface area contributed by atoms with Crippen LogP contribution in [0.15, 0.2) is 18.2 Å². The second kappa shape index (κ2) is 6.74. The van der Waals surface area contributed by atoms with Crippen LogP contribution < -0.4 is 5.32 Å². The third-order valence-electron chi connectivity index (χ3n) is 2.63. The van der Waals surface area contributed by atoms with Crippen molar-refractivity contribution in [1.82, 2.24) is 15.5 Å². The van der Waals surface area contributed by atoms with Crippen molar-refractivity contribution in [2.24, 2.45) is 0 Å². The van der Waals surface area contributed by atoms with Crippen LogP contribution >= 0.6 is 22.9 Å². The Morgan fingerprint density at radius 3 is 2.95 bits per heavy atom. The molecule has 0 amide bonds. The first-order chi connectivity index (χ1) is 9.63. The maximum atomic E-state index is 11.1. The van der Waals surface area contributed by atoms with Gasteiger partial charge in [0.05, 0.1) is 9.95 Å². The molecule has 0 bridgehead atoms. The Labute approximate surface area is 125 Å². The number of hydrogen-bond acceptors (Lipinski definition) is 6. The van der Waals surface area contributed by atoms with Gasteiger partial charge in [0.15, 0.2) is 5.01 Å². The van der Waals surface area contributed by atoms with E-state index in [1.54, 1.807) is 12.1 Å². The maximum absolute atomic E-state index is 11.1.